The van der Waals surface area contributed by atoms with E-state index in [1.807, 2.05) is 0 Å². The lowest BCUT2D eigenvalue weighted by Crippen LogP contribution is -2.16. The van der Waals surface area contributed by atoms with Crippen LogP contribution < -0.4 is 4.80 Å². The molecule has 7 heteroatoms. The summed E-state index contributed by atoms with van der Waals surface area (Å²) in [6, 6.07) is 4.59. The smallest absolute Gasteiger partial charge is 0.270 e. The van der Waals surface area contributed by atoms with Crippen LogP contribution in [-0.4, -0.2) is 15.4 Å². The standard InChI is InChI=1S/C18H19N3O3S/c1-2-11-20-15-9-8-14(21(23)24)12-16(15)25-18(20)19-17(22)10-7-13-5-3-4-6-13/h1,8-9,12-13H,3-7,10-11H2. The summed E-state index contributed by atoms with van der Waals surface area (Å²) in [7, 11) is 0. The molecule has 0 aliphatic heterocycles. The number of rotatable bonds is 5. The number of carbonyl (C=O) groups excluding carboxylic acids is 1. The van der Waals surface area contributed by atoms with Gasteiger partial charge in [0.05, 0.1) is 21.7 Å². The number of hydrogen-bond donors (Lipinski definition) is 0. The first-order valence-corrected chi connectivity index (χ1v) is 9.19. The lowest BCUT2D eigenvalue weighted by molar-refractivity contribution is -0.384. The summed E-state index contributed by atoms with van der Waals surface area (Å²) >= 11 is 1.26. The Morgan fingerprint density at radius 2 is 2.20 bits per heavy atom. The van der Waals surface area contributed by atoms with Crippen molar-refractivity contribution in [2.75, 3.05) is 0 Å². The number of amides is 1. The molecule has 0 bridgehead atoms. The van der Waals surface area contributed by atoms with Crippen LogP contribution in [0.5, 0.6) is 0 Å². The van der Waals surface area contributed by atoms with Crippen LogP contribution in [0.2, 0.25) is 0 Å². The molecule has 1 aliphatic carbocycles. The molecule has 130 valence electrons. The van der Waals surface area contributed by atoms with Crippen LogP contribution in [-0.2, 0) is 11.3 Å². The van der Waals surface area contributed by atoms with E-state index in [0.717, 1.165) is 11.9 Å². The summed E-state index contributed by atoms with van der Waals surface area (Å²) in [5.41, 5.74) is 0.775. The monoisotopic (exact) mass is 357 g/mol. The van der Waals surface area contributed by atoms with Gasteiger partial charge in [0.1, 0.15) is 0 Å². The van der Waals surface area contributed by atoms with E-state index in [0.29, 0.717) is 21.8 Å². The van der Waals surface area contributed by atoms with Gasteiger partial charge in [-0.15, -0.1) is 6.42 Å². The third-order valence-electron chi connectivity index (χ3n) is 4.59. The molecule has 1 aromatic heterocycles. The molecule has 0 radical (unpaired) electrons. The fraction of sp³-hybridized carbons (Fsp3) is 0.444. The summed E-state index contributed by atoms with van der Waals surface area (Å²) in [5.74, 6) is 3.04. The van der Waals surface area contributed by atoms with Crippen molar-refractivity contribution in [3.8, 4) is 12.3 Å². The topological polar surface area (TPSA) is 77.5 Å². The number of fused-ring (bicyclic) bond motifs is 1. The van der Waals surface area contributed by atoms with Crippen LogP contribution in [0.25, 0.3) is 10.2 Å². The zero-order valence-corrected chi connectivity index (χ0v) is 14.6. The van der Waals surface area contributed by atoms with E-state index >= 15 is 0 Å². The Morgan fingerprint density at radius 1 is 1.44 bits per heavy atom. The highest BCUT2D eigenvalue weighted by molar-refractivity contribution is 7.16. The van der Waals surface area contributed by atoms with Crippen molar-refractivity contribution in [3.05, 3.63) is 33.1 Å². The predicted molar refractivity (Wildman–Crippen MR) is 97.1 cm³/mol. The lowest BCUT2D eigenvalue weighted by Gasteiger charge is -2.05. The number of terminal acetylenes is 1. The molecule has 1 aromatic carbocycles. The summed E-state index contributed by atoms with van der Waals surface area (Å²) < 4.78 is 2.46. The molecule has 0 spiro atoms. The lowest BCUT2D eigenvalue weighted by atomic mass is 10.0. The molecule has 1 heterocycles. The first kappa shape index (κ1) is 17.4. The second-order valence-corrected chi connectivity index (χ2v) is 7.29. The number of hydrogen-bond acceptors (Lipinski definition) is 4. The summed E-state index contributed by atoms with van der Waals surface area (Å²) in [4.78, 5) is 27.5. The number of carbonyl (C=O) groups is 1. The number of thiazole rings is 1. The van der Waals surface area contributed by atoms with Crippen molar-refractivity contribution in [1.29, 1.82) is 0 Å². The molecule has 0 unspecified atom stereocenters. The van der Waals surface area contributed by atoms with Gasteiger partial charge in [-0.2, -0.15) is 4.99 Å². The predicted octanol–water partition coefficient (Wildman–Crippen LogP) is 3.64. The van der Waals surface area contributed by atoms with Crippen molar-refractivity contribution >= 4 is 33.1 Å². The maximum absolute atomic E-state index is 12.2. The Hall–Kier alpha value is -2.46. The van der Waals surface area contributed by atoms with Crippen molar-refractivity contribution in [2.45, 2.75) is 45.1 Å². The van der Waals surface area contributed by atoms with Gasteiger partial charge in [0, 0.05) is 18.6 Å². The first-order valence-electron chi connectivity index (χ1n) is 8.37. The van der Waals surface area contributed by atoms with Crippen LogP contribution in [0.1, 0.15) is 38.5 Å². The maximum atomic E-state index is 12.2. The molecule has 1 fully saturated rings. The number of nitro groups is 1. The molecule has 1 amide bonds. The maximum Gasteiger partial charge on any atom is 0.270 e. The normalized spacial score (nSPS) is 15.6. The molecule has 0 N–H and O–H groups in total. The van der Waals surface area contributed by atoms with Crippen molar-refractivity contribution in [2.24, 2.45) is 10.9 Å². The highest BCUT2D eigenvalue weighted by Crippen LogP contribution is 2.28. The zero-order chi connectivity index (χ0) is 17.8. The van der Waals surface area contributed by atoms with Crippen LogP contribution in [0.15, 0.2) is 23.2 Å². The van der Waals surface area contributed by atoms with Gasteiger partial charge in [0.15, 0.2) is 4.80 Å². The van der Waals surface area contributed by atoms with E-state index in [1.54, 1.807) is 10.6 Å². The highest BCUT2D eigenvalue weighted by atomic mass is 32.1. The fourth-order valence-electron chi connectivity index (χ4n) is 3.29. The number of nitro benzene ring substituents is 1. The zero-order valence-electron chi connectivity index (χ0n) is 13.8. The molecule has 1 saturated carbocycles. The van der Waals surface area contributed by atoms with E-state index in [4.69, 9.17) is 6.42 Å². The third kappa shape index (κ3) is 3.97. The number of nitrogens with zero attached hydrogens (tertiary/aromatic N) is 3. The average Bonchev–Trinajstić information content (AvgIpc) is 3.21. The SMILES string of the molecule is C#CCn1c(=NC(=O)CCC2CCCC2)sc2cc([N+](=O)[O-])ccc21. The Balaban J connectivity index is 1.90. The Bertz CT molecular complexity index is 914. The van der Waals surface area contributed by atoms with Gasteiger partial charge in [0.25, 0.3) is 5.69 Å². The van der Waals surface area contributed by atoms with Crippen molar-refractivity contribution in [3.63, 3.8) is 0 Å². The third-order valence-corrected chi connectivity index (χ3v) is 5.63. The van der Waals surface area contributed by atoms with Gasteiger partial charge in [-0.05, 0) is 18.4 Å². The number of aromatic nitrogens is 1. The van der Waals surface area contributed by atoms with Gasteiger partial charge in [0.2, 0.25) is 5.91 Å². The molecule has 2 aromatic rings. The van der Waals surface area contributed by atoms with Crippen LogP contribution in [0.3, 0.4) is 0 Å². The first-order chi connectivity index (χ1) is 12.1. The van der Waals surface area contributed by atoms with Crippen molar-refractivity contribution < 1.29 is 9.72 Å². The van der Waals surface area contributed by atoms with Crippen LogP contribution in [0, 0.1) is 28.4 Å². The molecule has 6 nitrogen and oxygen atoms in total. The molecule has 25 heavy (non-hydrogen) atoms. The molecular formula is C18H19N3O3S. The van der Waals surface area contributed by atoms with Gasteiger partial charge < -0.3 is 4.57 Å². The largest absolute Gasteiger partial charge is 0.305 e. The Labute approximate surface area is 149 Å². The van der Waals surface area contributed by atoms with Crippen LogP contribution >= 0.6 is 11.3 Å². The minimum absolute atomic E-state index is 0.0146. The quantitative estimate of drug-likeness (QED) is 0.465. The molecular weight excluding hydrogens is 338 g/mol. The molecule has 3 rings (SSSR count). The van der Waals surface area contributed by atoms with E-state index in [-0.39, 0.29) is 18.1 Å². The molecule has 0 saturated heterocycles. The Morgan fingerprint density at radius 3 is 2.88 bits per heavy atom. The molecule has 0 atom stereocenters. The minimum atomic E-state index is -0.436. The van der Waals surface area contributed by atoms with Crippen molar-refractivity contribution in [1.82, 2.24) is 4.57 Å². The average molecular weight is 357 g/mol. The summed E-state index contributed by atoms with van der Waals surface area (Å²) in [6.45, 7) is 0.270. The van der Waals surface area contributed by atoms with E-state index in [1.165, 1.54) is 49.2 Å². The van der Waals surface area contributed by atoms with Crippen LogP contribution in [0.4, 0.5) is 5.69 Å². The van der Waals surface area contributed by atoms with E-state index in [9.17, 15) is 14.9 Å². The Kier molecular flexibility index (Phi) is 5.29. The van der Waals surface area contributed by atoms with Gasteiger partial charge in [-0.25, -0.2) is 0 Å². The second-order valence-electron chi connectivity index (χ2n) is 6.28. The summed E-state index contributed by atoms with van der Waals surface area (Å²) in [6.07, 6.45) is 11.7. The minimum Gasteiger partial charge on any atom is -0.305 e. The highest BCUT2D eigenvalue weighted by Gasteiger charge is 2.16. The summed E-state index contributed by atoms with van der Waals surface area (Å²) in [5, 5.41) is 10.9. The van der Waals surface area contributed by atoms with Gasteiger partial charge in [-0.3, -0.25) is 14.9 Å². The molecule has 1 aliphatic rings. The fourth-order valence-corrected chi connectivity index (χ4v) is 4.37. The number of benzene rings is 1. The van der Waals surface area contributed by atoms with E-state index < -0.39 is 4.92 Å². The van der Waals surface area contributed by atoms with E-state index in [2.05, 4.69) is 10.9 Å². The van der Waals surface area contributed by atoms with Gasteiger partial charge in [-0.1, -0.05) is 42.9 Å². The second kappa shape index (κ2) is 7.62. The number of non-ortho nitro benzene ring substituents is 1. The van der Waals surface area contributed by atoms with Gasteiger partial charge >= 0.3 is 0 Å².